The molecule has 8 heteroatoms. The van der Waals surface area contributed by atoms with E-state index in [1.54, 1.807) is 16.9 Å². The molecule has 0 unspecified atom stereocenters. The van der Waals surface area contributed by atoms with Gasteiger partial charge in [-0.15, -0.1) is 0 Å². The minimum absolute atomic E-state index is 0.193. The standard InChI is InChI=1S/C26H19BrN2O3S2/c1-32-19-10-7-17(8-11-19)15-29-25(31)23(34-26(29)33)22-20-13-18(27)9-12-21(20)28(24(22)30)14-16-5-3-2-4-6-16/h2-13H,14-15H2,1H3. The Morgan fingerprint density at radius 3 is 2.26 bits per heavy atom. The zero-order valence-electron chi connectivity index (χ0n) is 18.2. The second-order valence-corrected chi connectivity index (χ2v) is 10.4. The zero-order chi connectivity index (χ0) is 23.8. The summed E-state index contributed by atoms with van der Waals surface area (Å²) >= 11 is 10.2. The van der Waals surface area contributed by atoms with Gasteiger partial charge in [0, 0.05) is 10.0 Å². The molecular formula is C26H19BrN2O3S2. The fourth-order valence-electron chi connectivity index (χ4n) is 4.05. The van der Waals surface area contributed by atoms with Crippen LogP contribution in [-0.4, -0.2) is 28.1 Å². The Bertz CT molecular complexity index is 1340. The molecule has 5 rings (SSSR count). The number of methoxy groups -OCH3 is 1. The van der Waals surface area contributed by atoms with Crippen molar-refractivity contribution in [1.29, 1.82) is 0 Å². The summed E-state index contributed by atoms with van der Waals surface area (Å²) in [5, 5.41) is 0. The molecule has 1 fully saturated rings. The van der Waals surface area contributed by atoms with Gasteiger partial charge >= 0.3 is 0 Å². The first-order valence-electron chi connectivity index (χ1n) is 10.5. The number of anilines is 1. The molecule has 0 spiro atoms. The highest BCUT2D eigenvalue weighted by molar-refractivity contribution is 9.10. The lowest BCUT2D eigenvalue weighted by Gasteiger charge is -2.17. The van der Waals surface area contributed by atoms with Gasteiger partial charge in [0.25, 0.3) is 11.8 Å². The maximum atomic E-state index is 13.7. The predicted molar refractivity (Wildman–Crippen MR) is 142 cm³/mol. The van der Waals surface area contributed by atoms with Gasteiger partial charge in [-0.1, -0.05) is 82.4 Å². The van der Waals surface area contributed by atoms with E-state index in [4.69, 9.17) is 17.0 Å². The molecule has 2 aliphatic heterocycles. The molecule has 5 nitrogen and oxygen atoms in total. The molecule has 2 amide bonds. The number of carbonyl (C=O) groups is 2. The Kier molecular flexibility index (Phi) is 6.29. The molecule has 1 saturated heterocycles. The van der Waals surface area contributed by atoms with Crippen molar-refractivity contribution < 1.29 is 14.3 Å². The number of thiocarbonyl (C=S) groups is 1. The van der Waals surface area contributed by atoms with Crippen molar-refractivity contribution in [1.82, 2.24) is 4.90 Å². The highest BCUT2D eigenvalue weighted by Gasteiger charge is 2.42. The molecule has 3 aromatic carbocycles. The van der Waals surface area contributed by atoms with Crippen molar-refractivity contribution in [3.63, 3.8) is 0 Å². The number of amides is 2. The third-order valence-electron chi connectivity index (χ3n) is 5.74. The van der Waals surface area contributed by atoms with Crippen LogP contribution >= 0.6 is 39.9 Å². The van der Waals surface area contributed by atoms with Gasteiger partial charge in [0.2, 0.25) is 0 Å². The molecule has 2 heterocycles. The molecule has 0 bridgehead atoms. The largest absolute Gasteiger partial charge is 0.497 e. The fourth-order valence-corrected chi connectivity index (χ4v) is 5.73. The van der Waals surface area contributed by atoms with Crippen LogP contribution < -0.4 is 9.64 Å². The molecule has 170 valence electrons. The maximum Gasteiger partial charge on any atom is 0.267 e. The summed E-state index contributed by atoms with van der Waals surface area (Å²) in [6.07, 6.45) is 0. The van der Waals surface area contributed by atoms with E-state index >= 15 is 0 Å². The number of hydrogen-bond donors (Lipinski definition) is 0. The Hall–Kier alpha value is -2.94. The number of nitrogens with zero attached hydrogens (tertiary/aromatic N) is 2. The molecule has 0 saturated carbocycles. The fraction of sp³-hybridized carbons (Fsp3) is 0.115. The average molecular weight is 551 g/mol. The summed E-state index contributed by atoms with van der Waals surface area (Å²) in [4.78, 5) is 30.8. The van der Waals surface area contributed by atoms with Crippen molar-refractivity contribution in [2.75, 3.05) is 12.0 Å². The van der Waals surface area contributed by atoms with Gasteiger partial charge in [0.1, 0.15) is 10.1 Å². The summed E-state index contributed by atoms with van der Waals surface area (Å²) in [6, 6.07) is 23.0. The van der Waals surface area contributed by atoms with E-state index in [9.17, 15) is 9.59 Å². The van der Waals surface area contributed by atoms with E-state index in [1.807, 2.05) is 72.8 Å². The van der Waals surface area contributed by atoms with Crippen molar-refractivity contribution in [2.24, 2.45) is 0 Å². The first kappa shape index (κ1) is 22.8. The van der Waals surface area contributed by atoms with Crippen LogP contribution in [0, 0.1) is 0 Å². The minimum atomic E-state index is -0.248. The zero-order valence-corrected chi connectivity index (χ0v) is 21.4. The normalized spacial score (nSPS) is 17.5. The highest BCUT2D eigenvalue weighted by Crippen LogP contribution is 2.46. The van der Waals surface area contributed by atoms with Crippen molar-refractivity contribution in [3.8, 4) is 5.75 Å². The van der Waals surface area contributed by atoms with E-state index in [-0.39, 0.29) is 11.8 Å². The van der Waals surface area contributed by atoms with Gasteiger partial charge in [0.15, 0.2) is 0 Å². The van der Waals surface area contributed by atoms with E-state index < -0.39 is 0 Å². The lowest BCUT2D eigenvalue weighted by molar-refractivity contribution is -0.122. The minimum Gasteiger partial charge on any atom is -0.497 e. The lowest BCUT2D eigenvalue weighted by atomic mass is 10.1. The van der Waals surface area contributed by atoms with E-state index in [0.29, 0.717) is 27.9 Å². The summed E-state index contributed by atoms with van der Waals surface area (Å²) in [6.45, 7) is 0.753. The number of benzene rings is 3. The predicted octanol–water partition coefficient (Wildman–Crippen LogP) is 5.78. The molecule has 0 atom stereocenters. The van der Waals surface area contributed by atoms with Gasteiger partial charge in [-0.25, -0.2) is 0 Å². The number of fused-ring (bicyclic) bond motifs is 1. The summed E-state index contributed by atoms with van der Waals surface area (Å²) in [5.41, 5.74) is 3.86. The Morgan fingerprint density at radius 1 is 0.882 bits per heavy atom. The number of halogens is 1. The van der Waals surface area contributed by atoms with Crippen molar-refractivity contribution in [3.05, 3.63) is 98.9 Å². The van der Waals surface area contributed by atoms with Gasteiger partial charge in [-0.05, 0) is 41.5 Å². The third kappa shape index (κ3) is 4.17. The van der Waals surface area contributed by atoms with Crippen molar-refractivity contribution >= 4 is 67.3 Å². The number of carbonyl (C=O) groups excluding carboxylic acids is 2. The molecule has 2 aliphatic rings. The summed E-state index contributed by atoms with van der Waals surface area (Å²) in [5.74, 6) is 0.303. The lowest BCUT2D eigenvalue weighted by Crippen LogP contribution is -2.29. The molecule has 0 aliphatic carbocycles. The van der Waals surface area contributed by atoms with Crippen LogP contribution in [0.3, 0.4) is 0 Å². The average Bonchev–Trinajstić information content (AvgIpc) is 3.27. The van der Waals surface area contributed by atoms with Gasteiger partial charge in [0.05, 0.1) is 36.4 Å². The Labute approximate surface area is 215 Å². The quantitative estimate of drug-likeness (QED) is 0.298. The number of thioether (sulfide) groups is 1. The van der Waals surface area contributed by atoms with Crippen LogP contribution in [0.5, 0.6) is 5.75 Å². The van der Waals surface area contributed by atoms with Crippen LogP contribution in [0.4, 0.5) is 5.69 Å². The molecule has 34 heavy (non-hydrogen) atoms. The molecule has 3 aromatic rings. The topological polar surface area (TPSA) is 49.9 Å². The number of ether oxygens (including phenoxy) is 1. The second-order valence-electron chi connectivity index (χ2n) is 7.85. The molecule has 0 N–H and O–H groups in total. The van der Waals surface area contributed by atoms with Gasteiger partial charge < -0.3 is 9.64 Å². The smallest absolute Gasteiger partial charge is 0.267 e. The Balaban J connectivity index is 1.51. The van der Waals surface area contributed by atoms with Crippen LogP contribution in [0.25, 0.3) is 5.57 Å². The van der Waals surface area contributed by atoms with Gasteiger partial charge in [-0.2, -0.15) is 0 Å². The SMILES string of the molecule is COc1ccc(CN2C(=O)C(=C3C(=O)N(Cc4ccccc4)c4ccc(Br)cc43)SC2=S)cc1. The number of hydrogen-bond acceptors (Lipinski definition) is 5. The van der Waals surface area contributed by atoms with Crippen LogP contribution in [0.2, 0.25) is 0 Å². The van der Waals surface area contributed by atoms with Crippen LogP contribution in [0.1, 0.15) is 16.7 Å². The maximum absolute atomic E-state index is 13.7. The van der Waals surface area contributed by atoms with E-state index in [1.165, 1.54) is 11.8 Å². The van der Waals surface area contributed by atoms with E-state index in [0.717, 1.165) is 32.6 Å². The monoisotopic (exact) mass is 550 g/mol. The second kappa shape index (κ2) is 9.37. The highest BCUT2D eigenvalue weighted by atomic mass is 79.9. The Morgan fingerprint density at radius 2 is 1.56 bits per heavy atom. The summed E-state index contributed by atoms with van der Waals surface area (Å²) in [7, 11) is 1.61. The first-order chi connectivity index (χ1) is 16.5. The number of rotatable bonds is 5. The first-order valence-corrected chi connectivity index (χ1v) is 12.5. The van der Waals surface area contributed by atoms with E-state index in [2.05, 4.69) is 15.9 Å². The van der Waals surface area contributed by atoms with Crippen LogP contribution in [0.15, 0.2) is 82.2 Å². The molecule has 0 aromatic heterocycles. The molecule has 0 radical (unpaired) electrons. The molecular weight excluding hydrogens is 532 g/mol. The van der Waals surface area contributed by atoms with Crippen molar-refractivity contribution in [2.45, 2.75) is 13.1 Å². The van der Waals surface area contributed by atoms with Gasteiger partial charge in [-0.3, -0.25) is 14.5 Å². The third-order valence-corrected chi connectivity index (χ3v) is 7.68. The summed E-state index contributed by atoms with van der Waals surface area (Å²) < 4.78 is 6.49. The van der Waals surface area contributed by atoms with Crippen LogP contribution in [-0.2, 0) is 22.7 Å².